The van der Waals surface area contributed by atoms with Gasteiger partial charge in [0.05, 0.1) is 25.3 Å². The molecule has 0 unspecified atom stereocenters. The molecule has 0 atom stereocenters. The molecule has 2 aliphatic rings. The fourth-order valence-corrected chi connectivity index (χ4v) is 4.69. The van der Waals surface area contributed by atoms with E-state index in [-0.39, 0.29) is 11.8 Å². The van der Waals surface area contributed by atoms with Gasteiger partial charge in [0.25, 0.3) is 11.8 Å². The topological polar surface area (TPSA) is 80.6 Å². The number of hydrogen-bond donors (Lipinski definition) is 0. The first-order valence-electron chi connectivity index (χ1n) is 11.9. The molecule has 2 aliphatic heterocycles. The number of carbonyl (C=O) groups excluding carboxylic acids is 2. The molecular formula is C26H29N5O3. The van der Waals surface area contributed by atoms with Crippen molar-refractivity contribution in [3.8, 4) is 0 Å². The lowest BCUT2D eigenvalue weighted by Crippen LogP contribution is -2.42. The highest BCUT2D eigenvalue weighted by Crippen LogP contribution is 2.26. The largest absolute Gasteiger partial charge is 0.378 e. The molecule has 0 saturated carbocycles. The highest BCUT2D eigenvalue weighted by molar-refractivity contribution is 5.96. The molecule has 0 spiro atoms. The smallest absolute Gasteiger partial charge is 0.274 e. The predicted molar refractivity (Wildman–Crippen MR) is 126 cm³/mol. The first kappa shape index (κ1) is 22.3. The SMILES string of the molecule is O=C(c1cccnc1)N1CCc2c(c(C(=O)N3CCOCC3)nn2CCCc2ccccc2)C1. The van der Waals surface area contributed by atoms with Crippen molar-refractivity contribution < 1.29 is 14.3 Å². The van der Waals surface area contributed by atoms with E-state index in [2.05, 4.69) is 29.2 Å². The minimum atomic E-state index is -0.0722. The number of morpholine rings is 1. The molecule has 2 amide bonds. The Bertz CT molecular complexity index is 1140. The summed E-state index contributed by atoms with van der Waals surface area (Å²) in [4.78, 5) is 34.2. The van der Waals surface area contributed by atoms with Crippen molar-refractivity contribution in [2.75, 3.05) is 32.8 Å². The Balaban J connectivity index is 1.39. The Morgan fingerprint density at radius 1 is 0.941 bits per heavy atom. The molecule has 4 heterocycles. The van der Waals surface area contributed by atoms with Crippen LogP contribution in [0.4, 0.5) is 0 Å². The second-order valence-electron chi connectivity index (χ2n) is 8.71. The van der Waals surface area contributed by atoms with Gasteiger partial charge in [0.2, 0.25) is 0 Å². The zero-order valence-electron chi connectivity index (χ0n) is 19.2. The summed E-state index contributed by atoms with van der Waals surface area (Å²) in [5.74, 6) is -0.141. The quantitative estimate of drug-likeness (QED) is 0.566. The van der Waals surface area contributed by atoms with Crippen LogP contribution < -0.4 is 0 Å². The molecule has 2 aromatic heterocycles. The van der Waals surface area contributed by atoms with Crippen LogP contribution in [-0.4, -0.2) is 69.2 Å². The van der Waals surface area contributed by atoms with E-state index < -0.39 is 0 Å². The molecule has 176 valence electrons. The van der Waals surface area contributed by atoms with E-state index in [0.717, 1.165) is 30.6 Å². The lowest BCUT2D eigenvalue weighted by molar-refractivity contribution is 0.0296. The number of amides is 2. The maximum absolute atomic E-state index is 13.4. The summed E-state index contributed by atoms with van der Waals surface area (Å²) in [5, 5.41) is 4.80. The third-order valence-corrected chi connectivity index (χ3v) is 6.51. The van der Waals surface area contributed by atoms with Crippen molar-refractivity contribution >= 4 is 11.8 Å². The average Bonchev–Trinajstić information content (AvgIpc) is 3.27. The van der Waals surface area contributed by atoms with E-state index in [1.54, 1.807) is 29.4 Å². The molecule has 34 heavy (non-hydrogen) atoms. The van der Waals surface area contributed by atoms with Gasteiger partial charge in [-0.2, -0.15) is 5.10 Å². The summed E-state index contributed by atoms with van der Waals surface area (Å²) in [6.45, 7) is 3.92. The number of benzene rings is 1. The van der Waals surface area contributed by atoms with Crippen LogP contribution in [0.5, 0.6) is 0 Å². The summed E-state index contributed by atoms with van der Waals surface area (Å²) in [7, 11) is 0. The number of nitrogens with zero attached hydrogens (tertiary/aromatic N) is 5. The molecule has 8 nitrogen and oxygen atoms in total. The van der Waals surface area contributed by atoms with Crippen LogP contribution in [0.1, 0.15) is 44.1 Å². The van der Waals surface area contributed by atoms with Gasteiger partial charge in [-0.25, -0.2) is 0 Å². The van der Waals surface area contributed by atoms with E-state index in [4.69, 9.17) is 9.84 Å². The highest BCUT2D eigenvalue weighted by Gasteiger charge is 2.32. The van der Waals surface area contributed by atoms with Crippen LogP contribution in [0.2, 0.25) is 0 Å². The zero-order chi connectivity index (χ0) is 23.3. The third-order valence-electron chi connectivity index (χ3n) is 6.51. The first-order valence-corrected chi connectivity index (χ1v) is 11.9. The maximum Gasteiger partial charge on any atom is 0.274 e. The maximum atomic E-state index is 13.4. The van der Waals surface area contributed by atoms with Gasteiger partial charge in [-0.05, 0) is 30.5 Å². The molecule has 3 aromatic rings. The number of aryl methyl sites for hydroxylation is 2. The first-order chi connectivity index (χ1) is 16.7. The molecule has 1 aromatic carbocycles. The van der Waals surface area contributed by atoms with E-state index in [9.17, 15) is 9.59 Å². The van der Waals surface area contributed by atoms with Crippen molar-refractivity contribution in [1.82, 2.24) is 24.6 Å². The Kier molecular flexibility index (Phi) is 6.67. The normalized spacial score (nSPS) is 15.8. The summed E-state index contributed by atoms with van der Waals surface area (Å²) >= 11 is 0. The Labute approximate surface area is 199 Å². The number of rotatable bonds is 6. The molecule has 0 aliphatic carbocycles. The van der Waals surface area contributed by atoms with Gasteiger partial charge < -0.3 is 14.5 Å². The minimum absolute atomic E-state index is 0.0691. The molecule has 8 heteroatoms. The van der Waals surface area contributed by atoms with Gasteiger partial charge in [-0.3, -0.25) is 19.3 Å². The van der Waals surface area contributed by atoms with Crippen molar-refractivity contribution in [2.45, 2.75) is 32.4 Å². The summed E-state index contributed by atoms with van der Waals surface area (Å²) in [6.07, 6.45) is 5.81. The van der Waals surface area contributed by atoms with E-state index in [1.165, 1.54) is 5.56 Å². The second kappa shape index (κ2) is 10.2. The van der Waals surface area contributed by atoms with Gasteiger partial charge in [-0.15, -0.1) is 0 Å². The van der Waals surface area contributed by atoms with Gasteiger partial charge in [0.15, 0.2) is 5.69 Å². The third kappa shape index (κ3) is 4.72. The van der Waals surface area contributed by atoms with Crippen LogP contribution in [0.15, 0.2) is 54.9 Å². The van der Waals surface area contributed by atoms with Crippen LogP contribution >= 0.6 is 0 Å². The number of hydrogen-bond acceptors (Lipinski definition) is 5. The number of carbonyl (C=O) groups is 2. The molecule has 0 bridgehead atoms. The summed E-state index contributed by atoms with van der Waals surface area (Å²) in [6, 6.07) is 13.9. The number of fused-ring (bicyclic) bond motifs is 1. The van der Waals surface area contributed by atoms with E-state index in [1.807, 2.05) is 15.6 Å². The second-order valence-corrected chi connectivity index (χ2v) is 8.71. The highest BCUT2D eigenvalue weighted by atomic mass is 16.5. The lowest BCUT2D eigenvalue weighted by Gasteiger charge is -2.29. The average molecular weight is 460 g/mol. The fraction of sp³-hybridized carbons (Fsp3) is 0.385. The predicted octanol–water partition coefficient (Wildman–Crippen LogP) is 2.58. The van der Waals surface area contributed by atoms with E-state index >= 15 is 0 Å². The number of ether oxygens (including phenoxy) is 1. The Morgan fingerprint density at radius 2 is 1.76 bits per heavy atom. The van der Waals surface area contributed by atoms with Crippen molar-refractivity contribution in [3.05, 3.63) is 82.9 Å². The molecule has 1 fully saturated rings. The van der Waals surface area contributed by atoms with Crippen LogP contribution in [0.25, 0.3) is 0 Å². The van der Waals surface area contributed by atoms with Crippen LogP contribution in [0, 0.1) is 0 Å². The zero-order valence-corrected chi connectivity index (χ0v) is 19.2. The van der Waals surface area contributed by atoms with Gasteiger partial charge >= 0.3 is 0 Å². The molecule has 5 rings (SSSR count). The van der Waals surface area contributed by atoms with Crippen LogP contribution in [0.3, 0.4) is 0 Å². The van der Waals surface area contributed by atoms with Gasteiger partial charge in [-0.1, -0.05) is 30.3 Å². The summed E-state index contributed by atoms with van der Waals surface area (Å²) < 4.78 is 7.42. The molecular weight excluding hydrogens is 430 g/mol. The fourth-order valence-electron chi connectivity index (χ4n) is 4.69. The van der Waals surface area contributed by atoms with Gasteiger partial charge in [0.1, 0.15) is 0 Å². The Morgan fingerprint density at radius 3 is 2.53 bits per heavy atom. The lowest BCUT2D eigenvalue weighted by atomic mass is 10.0. The number of aromatic nitrogens is 3. The standard InChI is InChI=1S/C26H29N5O3/c32-25(21-9-4-11-27-18-21)30-13-10-23-22(19-30)24(26(33)29-14-16-34-17-15-29)28-31(23)12-5-8-20-6-2-1-3-7-20/h1-4,6-7,9,11,18H,5,8,10,12-17,19H2. The molecule has 0 N–H and O–H groups in total. The van der Waals surface area contributed by atoms with Crippen molar-refractivity contribution in [1.29, 1.82) is 0 Å². The van der Waals surface area contributed by atoms with E-state index in [0.29, 0.717) is 57.1 Å². The summed E-state index contributed by atoms with van der Waals surface area (Å²) in [5.41, 5.74) is 4.27. The minimum Gasteiger partial charge on any atom is -0.378 e. The monoisotopic (exact) mass is 459 g/mol. The Hall–Kier alpha value is -3.52. The van der Waals surface area contributed by atoms with Crippen molar-refractivity contribution in [3.63, 3.8) is 0 Å². The van der Waals surface area contributed by atoms with Crippen molar-refractivity contribution in [2.24, 2.45) is 0 Å². The van der Waals surface area contributed by atoms with Crippen LogP contribution in [-0.2, 0) is 30.7 Å². The molecule has 1 saturated heterocycles. The van der Waals surface area contributed by atoms with Gasteiger partial charge in [0, 0.05) is 56.3 Å². The number of pyridine rings is 1. The molecule has 0 radical (unpaired) electrons.